The first-order chi connectivity index (χ1) is 4.31. The van der Waals surface area contributed by atoms with Crippen LogP contribution in [0, 0.1) is 0 Å². The van der Waals surface area contributed by atoms with Crippen molar-refractivity contribution < 1.29 is 0 Å². The summed E-state index contributed by atoms with van der Waals surface area (Å²) in [5, 5.41) is 2.36. The molecule has 3 heteroatoms. The van der Waals surface area contributed by atoms with Crippen LogP contribution in [-0.4, -0.2) is 15.6 Å². The second-order valence-electron chi connectivity index (χ2n) is 1.82. The minimum absolute atomic E-state index is 0.642. The Kier molecular flexibility index (Phi) is 7.04. The molecule has 0 rings (SSSR count). The van der Waals surface area contributed by atoms with Crippen LogP contribution in [0.3, 0.4) is 0 Å². The maximum Gasteiger partial charge on any atom is 0.0610 e. The number of rotatable bonds is 4. The summed E-state index contributed by atoms with van der Waals surface area (Å²) in [5.41, 5.74) is 0. The van der Waals surface area contributed by atoms with E-state index in [1.165, 1.54) is 12.8 Å². The molecule has 9 heavy (non-hydrogen) atoms. The molecule has 1 atom stereocenters. The van der Waals surface area contributed by atoms with E-state index in [0.29, 0.717) is 3.92 Å². The number of alkyl halides is 1. The summed E-state index contributed by atoms with van der Waals surface area (Å²) in [4.78, 5) is 3.85. The van der Waals surface area contributed by atoms with Crippen molar-refractivity contribution in [2.24, 2.45) is 4.99 Å². The summed E-state index contributed by atoms with van der Waals surface area (Å²) in [6, 6.07) is 0. The Labute approximate surface area is 75.1 Å². The van der Waals surface area contributed by atoms with Gasteiger partial charge in [-0.1, -0.05) is 35.9 Å². The van der Waals surface area contributed by atoms with Gasteiger partial charge in [0.25, 0.3) is 0 Å². The second kappa shape index (κ2) is 6.65. The Morgan fingerprint density at radius 2 is 2.44 bits per heavy atom. The number of hydrogen-bond acceptors (Lipinski definition) is 2. The molecule has 0 aliphatic carbocycles. The van der Waals surface area contributed by atoms with E-state index in [2.05, 4.69) is 51.9 Å². The molecule has 0 aromatic heterocycles. The number of aliphatic imine (C=N–C) groups is 1. The molecule has 52 valence electrons. The first-order valence-corrected chi connectivity index (χ1v) is 4.64. The lowest BCUT2D eigenvalue weighted by atomic mass is 10.2. The Bertz CT molecular complexity index is 110. The van der Waals surface area contributed by atoms with Gasteiger partial charge in [-0.3, -0.25) is 0 Å². The van der Waals surface area contributed by atoms with Crippen molar-refractivity contribution in [1.29, 1.82) is 0 Å². The maximum absolute atomic E-state index is 4.43. The maximum atomic E-state index is 4.43. The highest BCUT2D eigenvalue weighted by Crippen LogP contribution is 2.07. The number of nitrogens with zero attached hydrogens (tertiary/aromatic N) is 1. The molecule has 0 saturated carbocycles. The average Bonchev–Trinajstić information content (AvgIpc) is 1.85. The van der Waals surface area contributed by atoms with Gasteiger partial charge >= 0.3 is 0 Å². The number of isothiocyanates is 1. The lowest BCUT2D eigenvalue weighted by molar-refractivity contribution is 0.767. The van der Waals surface area contributed by atoms with Crippen LogP contribution in [0.5, 0.6) is 0 Å². The van der Waals surface area contributed by atoms with Gasteiger partial charge in [-0.2, -0.15) is 0 Å². The van der Waals surface area contributed by atoms with Crippen molar-refractivity contribution in [3.05, 3.63) is 0 Å². The Hall–Kier alpha value is 0.530. The smallest absolute Gasteiger partial charge is 0.0610 e. The summed E-state index contributed by atoms with van der Waals surface area (Å²) in [7, 11) is 0. The molecule has 0 aromatic rings. The van der Waals surface area contributed by atoms with Gasteiger partial charge in [-0.05, 0) is 18.6 Å². The zero-order valence-corrected chi connectivity index (χ0v) is 8.41. The number of halogens is 1. The first-order valence-electron chi connectivity index (χ1n) is 2.99. The van der Waals surface area contributed by atoms with E-state index in [1.54, 1.807) is 0 Å². The third-order valence-corrected chi connectivity index (χ3v) is 2.10. The molecular formula is C6H10INS. The van der Waals surface area contributed by atoms with Crippen LogP contribution in [0.4, 0.5) is 0 Å². The van der Waals surface area contributed by atoms with Crippen molar-refractivity contribution in [1.82, 2.24) is 0 Å². The molecular weight excluding hydrogens is 245 g/mol. The number of hydrogen-bond donors (Lipinski definition) is 0. The van der Waals surface area contributed by atoms with Crippen LogP contribution in [0.1, 0.15) is 19.8 Å². The molecule has 0 saturated heterocycles. The molecule has 0 heterocycles. The van der Waals surface area contributed by atoms with Crippen LogP contribution in [0.15, 0.2) is 4.99 Å². The average molecular weight is 255 g/mol. The van der Waals surface area contributed by atoms with Crippen molar-refractivity contribution in [2.75, 3.05) is 6.54 Å². The van der Waals surface area contributed by atoms with Gasteiger partial charge < -0.3 is 0 Å². The van der Waals surface area contributed by atoms with Gasteiger partial charge in [0.2, 0.25) is 0 Å². The highest BCUT2D eigenvalue weighted by molar-refractivity contribution is 14.1. The molecule has 1 unspecified atom stereocenters. The highest BCUT2D eigenvalue weighted by atomic mass is 127. The number of thiocarbonyl (C=S) groups is 1. The quantitative estimate of drug-likeness (QED) is 0.325. The molecule has 0 bridgehead atoms. The van der Waals surface area contributed by atoms with Gasteiger partial charge in [0.05, 0.1) is 11.7 Å². The zero-order valence-electron chi connectivity index (χ0n) is 5.43. The molecule has 0 aromatic carbocycles. The van der Waals surface area contributed by atoms with E-state index >= 15 is 0 Å². The third-order valence-electron chi connectivity index (χ3n) is 0.956. The SMILES string of the molecule is CCCC(I)CN=C=S. The molecule has 1 nitrogen and oxygen atoms in total. The Morgan fingerprint density at radius 3 is 2.89 bits per heavy atom. The van der Waals surface area contributed by atoms with Crippen molar-refractivity contribution in [3.8, 4) is 0 Å². The summed E-state index contributed by atoms with van der Waals surface area (Å²) in [6.45, 7) is 3.00. The molecule has 0 radical (unpaired) electrons. The Balaban J connectivity index is 3.25. The van der Waals surface area contributed by atoms with Crippen LogP contribution >= 0.6 is 34.8 Å². The standard InChI is InChI=1S/C6H10INS/c1-2-3-6(7)4-8-5-9/h6H,2-4H2,1H3. The predicted molar refractivity (Wildman–Crippen MR) is 52.6 cm³/mol. The molecule has 0 aliphatic heterocycles. The normalized spacial score (nSPS) is 12.2. The van der Waals surface area contributed by atoms with Crippen molar-refractivity contribution in [2.45, 2.75) is 23.7 Å². The molecule has 0 aliphatic rings. The van der Waals surface area contributed by atoms with Gasteiger partial charge in [0, 0.05) is 3.92 Å². The topological polar surface area (TPSA) is 12.4 Å². The fraction of sp³-hybridized carbons (Fsp3) is 0.833. The largest absolute Gasteiger partial charge is 0.231 e. The highest BCUT2D eigenvalue weighted by Gasteiger charge is 1.98. The van der Waals surface area contributed by atoms with Crippen molar-refractivity contribution >= 4 is 40.0 Å². The fourth-order valence-corrected chi connectivity index (χ4v) is 1.44. The van der Waals surface area contributed by atoms with Crippen LogP contribution in [0.2, 0.25) is 0 Å². The lowest BCUT2D eigenvalue weighted by Crippen LogP contribution is -2.00. The minimum Gasteiger partial charge on any atom is -0.231 e. The van der Waals surface area contributed by atoms with E-state index in [4.69, 9.17) is 0 Å². The van der Waals surface area contributed by atoms with Gasteiger partial charge in [0.15, 0.2) is 0 Å². The first kappa shape index (κ1) is 9.53. The summed E-state index contributed by atoms with van der Waals surface area (Å²) >= 11 is 6.82. The molecule has 0 fully saturated rings. The van der Waals surface area contributed by atoms with Gasteiger partial charge in [-0.25, -0.2) is 4.99 Å². The van der Waals surface area contributed by atoms with Crippen LogP contribution < -0.4 is 0 Å². The monoisotopic (exact) mass is 255 g/mol. The van der Waals surface area contributed by atoms with Crippen LogP contribution in [0.25, 0.3) is 0 Å². The molecule has 0 spiro atoms. The predicted octanol–water partition coefficient (Wildman–Crippen LogP) is 2.69. The van der Waals surface area contributed by atoms with Crippen LogP contribution in [-0.2, 0) is 0 Å². The fourth-order valence-electron chi connectivity index (χ4n) is 0.541. The van der Waals surface area contributed by atoms with Crippen molar-refractivity contribution in [3.63, 3.8) is 0 Å². The van der Waals surface area contributed by atoms with Gasteiger partial charge in [-0.15, -0.1) is 0 Å². The minimum atomic E-state index is 0.642. The summed E-state index contributed by atoms with van der Waals surface area (Å²) in [6.07, 6.45) is 2.45. The lowest BCUT2D eigenvalue weighted by Gasteiger charge is -2.00. The molecule has 0 N–H and O–H groups in total. The van der Waals surface area contributed by atoms with E-state index in [-0.39, 0.29) is 0 Å². The van der Waals surface area contributed by atoms with E-state index in [0.717, 1.165) is 6.54 Å². The van der Waals surface area contributed by atoms with Gasteiger partial charge in [0.1, 0.15) is 0 Å². The third kappa shape index (κ3) is 6.41. The second-order valence-corrected chi connectivity index (χ2v) is 3.76. The molecule has 0 amide bonds. The Morgan fingerprint density at radius 1 is 1.78 bits per heavy atom. The zero-order chi connectivity index (χ0) is 7.11. The van der Waals surface area contributed by atoms with E-state index < -0.39 is 0 Å². The summed E-state index contributed by atoms with van der Waals surface area (Å²) < 4.78 is 0.642. The summed E-state index contributed by atoms with van der Waals surface area (Å²) in [5.74, 6) is 0. The van der Waals surface area contributed by atoms with E-state index in [1.807, 2.05) is 0 Å². The van der Waals surface area contributed by atoms with E-state index in [9.17, 15) is 0 Å².